The SMILES string of the molecule is CC/C=C\C/C=C\CCCCCCCC(=O)OC(COC(=O)CC/C=C\C/C=C\CCCCCCCC)COC(=O)CCCCCCCCCCCCCC. The molecule has 0 bridgehead atoms. The zero-order valence-electron chi connectivity index (χ0n) is 36.2. The molecule has 0 spiro atoms. The predicted octanol–water partition coefficient (Wildman–Crippen LogP) is 14.8. The van der Waals surface area contributed by atoms with E-state index in [0.717, 1.165) is 83.5 Å². The van der Waals surface area contributed by atoms with Crippen LogP contribution in [0.15, 0.2) is 48.6 Å². The highest BCUT2D eigenvalue weighted by Crippen LogP contribution is 2.14. The van der Waals surface area contributed by atoms with E-state index in [1.165, 1.54) is 96.3 Å². The first kappa shape index (κ1) is 52.4. The number of ether oxygens (including phenoxy) is 3. The normalized spacial score (nSPS) is 12.4. The molecule has 1 atom stereocenters. The Labute approximate surface area is 339 Å². The first-order chi connectivity index (χ1) is 27.0. The van der Waals surface area contributed by atoms with Gasteiger partial charge in [-0.1, -0.05) is 191 Å². The van der Waals surface area contributed by atoms with Crippen molar-refractivity contribution in [3.63, 3.8) is 0 Å². The van der Waals surface area contributed by atoms with Crippen molar-refractivity contribution in [3.8, 4) is 0 Å². The smallest absolute Gasteiger partial charge is 0.306 e. The lowest BCUT2D eigenvalue weighted by Crippen LogP contribution is -2.30. The number of rotatable bonds is 41. The number of carbonyl (C=O) groups is 3. The lowest BCUT2D eigenvalue weighted by atomic mass is 10.0. The van der Waals surface area contributed by atoms with Crippen LogP contribution in [0.1, 0.15) is 226 Å². The fourth-order valence-electron chi connectivity index (χ4n) is 6.36. The van der Waals surface area contributed by atoms with Crippen molar-refractivity contribution >= 4 is 17.9 Å². The molecule has 318 valence electrons. The second-order valence-corrected chi connectivity index (χ2v) is 15.3. The Hall–Kier alpha value is -2.63. The van der Waals surface area contributed by atoms with E-state index in [9.17, 15) is 14.4 Å². The Morgan fingerprint density at radius 3 is 1.20 bits per heavy atom. The Bertz CT molecular complexity index is 980. The fraction of sp³-hybridized carbons (Fsp3) is 0.776. The third kappa shape index (κ3) is 42.4. The number of hydrogen-bond acceptors (Lipinski definition) is 6. The zero-order chi connectivity index (χ0) is 40.1. The van der Waals surface area contributed by atoms with Gasteiger partial charge in [-0.15, -0.1) is 0 Å². The van der Waals surface area contributed by atoms with Crippen LogP contribution in [0.4, 0.5) is 0 Å². The van der Waals surface area contributed by atoms with Crippen LogP contribution in [0, 0.1) is 0 Å². The van der Waals surface area contributed by atoms with Crippen LogP contribution in [0.5, 0.6) is 0 Å². The molecular formula is C49H86O6. The van der Waals surface area contributed by atoms with Crippen LogP contribution in [-0.2, 0) is 28.6 Å². The van der Waals surface area contributed by atoms with E-state index >= 15 is 0 Å². The Morgan fingerprint density at radius 1 is 0.382 bits per heavy atom. The molecule has 0 fully saturated rings. The van der Waals surface area contributed by atoms with Crippen molar-refractivity contribution in [2.45, 2.75) is 232 Å². The number of esters is 3. The van der Waals surface area contributed by atoms with Crippen LogP contribution < -0.4 is 0 Å². The first-order valence-corrected chi connectivity index (χ1v) is 23.1. The highest BCUT2D eigenvalue weighted by molar-refractivity contribution is 5.71. The monoisotopic (exact) mass is 771 g/mol. The molecule has 0 amide bonds. The molecule has 0 heterocycles. The Morgan fingerprint density at radius 2 is 0.745 bits per heavy atom. The minimum absolute atomic E-state index is 0.0944. The minimum Gasteiger partial charge on any atom is -0.462 e. The average molecular weight is 771 g/mol. The lowest BCUT2D eigenvalue weighted by Gasteiger charge is -2.18. The highest BCUT2D eigenvalue weighted by atomic mass is 16.6. The lowest BCUT2D eigenvalue weighted by molar-refractivity contribution is -0.166. The van der Waals surface area contributed by atoms with Gasteiger partial charge in [-0.25, -0.2) is 0 Å². The summed E-state index contributed by atoms with van der Waals surface area (Å²) >= 11 is 0. The molecule has 0 saturated carbocycles. The molecular weight excluding hydrogens is 685 g/mol. The van der Waals surface area contributed by atoms with E-state index in [0.29, 0.717) is 19.3 Å². The van der Waals surface area contributed by atoms with E-state index in [4.69, 9.17) is 14.2 Å². The van der Waals surface area contributed by atoms with Gasteiger partial charge in [0.05, 0.1) is 0 Å². The number of hydrogen-bond donors (Lipinski definition) is 0. The maximum absolute atomic E-state index is 12.7. The summed E-state index contributed by atoms with van der Waals surface area (Å²) < 4.78 is 16.6. The Kier molecular flexibility index (Phi) is 42.0. The standard InChI is InChI=1S/C49H86O6/c1-4-7-10-13-16-19-22-25-28-30-33-36-39-42-48(51)54-45-46(55-49(52)43-40-37-34-31-27-24-21-18-15-12-9-6-3)44-53-47(50)41-38-35-32-29-26-23-20-17-14-11-8-5-2/h9,12,18,21,25,28,33,36,46H,4-8,10-11,13-17,19-20,22-24,26-27,29-32,34-35,37-45H2,1-3H3/b12-9-,21-18-,28-25-,36-33-. The van der Waals surface area contributed by atoms with Crippen molar-refractivity contribution in [3.05, 3.63) is 48.6 Å². The summed E-state index contributed by atoms with van der Waals surface area (Å²) in [5, 5.41) is 0. The van der Waals surface area contributed by atoms with Crippen molar-refractivity contribution in [2.75, 3.05) is 13.2 Å². The molecule has 0 aliphatic carbocycles. The van der Waals surface area contributed by atoms with E-state index in [1.54, 1.807) is 0 Å². The van der Waals surface area contributed by atoms with Crippen LogP contribution in [0.2, 0.25) is 0 Å². The zero-order valence-corrected chi connectivity index (χ0v) is 36.2. The van der Waals surface area contributed by atoms with E-state index in [1.807, 2.05) is 6.08 Å². The van der Waals surface area contributed by atoms with Gasteiger partial charge in [0, 0.05) is 19.3 Å². The number of unbranched alkanes of at least 4 members (excludes halogenated alkanes) is 22. The minimum atomic E-state index is -0.798. The molecule has 55 heavy (non-hydrogen) atoms. The van der Waals surface area contributed by atoms with E-state index < -0.39 is 6.10 Å². The molecule has 0 aromatic rings. The summed E-state index contributed by atoms with van der Waals surface area (Å²) in [4.78, 5) is 37.7. The number of allylic oxidation sites excluding steroid dienone is 8. The molecule has 0 aliphatic heterocycles. The van der Waals surface area contributed by atoms with Gasteiger partial charge in [-0.3, -0.25) is 14.4 Å². The van der Waals surface area contributed by atoms with E-state index in [-0.39, 0.29) is 37.5 Å². The van der Waals surface area contributed by atoms with Gasteiger partial charge in [0.2, 0.25) is 0 Å². The van der Waals surface area contributed by atoms with Gasteiger partial charge in [0.25, 0.3) is 0 Å². The van der Waals surface area contributed by atoms with E-state index in [2.05, 4.69) is 63.3 Å². The van der Waals surface area contributed by atoms with Gasteiger partial charge in [-0.05, 0) is 64.2 Å². The summed E-state index contributed by atoms with van der Waals surface area (Å²) in [5.41, 5.74) is 0. The van der Waals surface area contributed by atoms with Gasteiger partial charge >= 0.3 is 17.9 Å². The topological polar surface area (TPSA) is 78.9 Å². The van der Waals surface area contributed by atoms with Crippen LogP contribution in [0.25, 0.3) is 0 Å². The molecule has 1 unspecified atom stereocenters. The van der Waals surface area contributed by atoms with Crippen LogP contribution in [-0.4, -0.2) is 37.2 Å². The maximum Gasteiger partial charge on any atom is 0.306 e. The molecule has 0 radical (unpaired) electrons. The molecule has 6 heteroatoms. The van der Waals surface area contributed by atoms with Crippen molar-refractivity contribution < 1.29 is 28.6 Å². The van der Waals surface area contributed by atoms with Crippen LogP contribution >= 0.6 is 0 Å². The summed E-state index contributed by atoms with van der Waals surface area (Å²) in [7, 11) is 0. The second-order valence-electron chi connectivity index (χ2n) is 15.3. The third-order valence-electron chi connectivity index (χ3n) is 9.83. The quantitative estimate of drug-likeness (QED) is 0.0267. The maximum atomic E-state index is 12.7. The average Bonchev–Trinajstić information content (AvgIpc) is 3.18. The molecule has 0 aliphatic rings. The van der Waals surface area contributed by atoms with Crippen molar-refractivity contribution in [1.29, 1.82) is 0 Å². The highest BCUT2D eigenvalue weighted by Gasteiger charge is 2.19. The summed E-state index contributed by atoms with van der Waals surface area (Å²) in [6.07, 6.45) is 51.0. The molecule has 0 rings (SSSR count). The molecule has 0 aromatic carbocycles. The summed E-state index contributed by atoms with van der Waals surface area (Å²) in [6, 6.07) is 0. The molecule has 0 saturated heterocycles. The predicted molar refractivity (Wildman–Crippen MR) is 233 cm³/mol. The summed E-state index contributed by atoms with van der Waals surface area (Å²) in [5.74, 6) is -0.981. The summed E-state index contributed by atoms with van der Waals surface area (Å²) in [6.45, 7) is 6.44. The molecule has 6 nitrogen and oxygen atoms in total. The van der Waals surface area contributed by atoms with Gasteiger partial charge in [-0.2, -0.15) is 0 Å². The third-order valence-corrected chi connectivity index (χ3v) is 9.83. The molecule has 0 aromatic heterocycles. The number of carbonyl (C=O) groups excluding carboxylic acids is 3. The Balaban J connectivity index is 4.45. The second kappa shape index (κ2) is 44.1. The van der Waals surface area contributed by atoms with Crippen molar-refractivity contribution in [1.82, 2.24) is 0 Å². The largest absolute Gasteiger partial charge is 0.462 e. The van der Waals surface area contributed by atoms with Gasteiger partial charge < -0.3 is 14.2 Å². The van der Waals surface area contributed by atoms with Gasteiger partial charge in [0.15, 0.2) is 6.10 Å². The molecule has 0 N–H and O–H groups in total. The van der Waals surface area contributed by atoms with Gasteiger partial charge in [0.1, 0.15) is 13.2 Å². The van der Waals surface area contributed by atoms with Crippen LogP contribution in [0.3, 0.4) is 0 Å². The fourth-order valence-corrected chi connectivity index (χ4v) is 6.36. The van der Waals surface area contributed by atoms with Crippen molar-refractivity contribution in [2.24, 2.45) is 0 Å². The first-order valence-electron chi connectivity index (χ1n) is 23.1.